The Morgan fingerprint density at radius 3 is 2.61 bits per heavy atom. The van der Waals surface area contributed by atoms with Crippen LogP contribution in [0.5, 0.6) is 0 Å². The smallest absolute Gasteiger partial charge is 0.253 e. The Balaban J connectivity index is 1.56. The number of carbonyl (C=O) groups excluding carboxylic acids is 1. The molecule has 0 atom stereocenters. The fourth-order valence-corrected chi connectivity index (χ4v) is 3.25. The third kappa shape index (κ3) is 3.81. The second-order valence-corrected chi connectivity index (χ2v) is 6.36. The number of nitrogens with zero attached hydrogens (tertiary/aromatic N) is 2. The van der Waals surface area contributed by atoms with Gasteiger partial charge < -0.3 is 9.88 Å². The SMILES string of the molecule is CCCCc1ccc(C(=O)N2CCC(c3c[nH]cn3)CC2)cc1. The molecule has 1 fully saturated rings. The number of unbranched alkanes of at least 4 members (excludes halogenated alkanes) is 1. The van der Waals surface area contributed by atoms with E-state index >= 15 is 0 Å². The molecule has 0 unspecified atom stereocenters. The first-order chi connectivity index (χ1) is 11.3. The van der Waals surface area contributed by atoms with Crippen LogP contribution in [0.1, 0.15) is 60.1 Å². The van der Waals surface area contributed by atoms with E-state index in [1.54, 1.807) is 6.33 Å². The van der Waals surface area contributed by atoms with Gasteiger partial charge in [0.1, 0.15) is 0 Å². The van der Waals surface area contributed by atoms with E-state index in [4.69, 9.17) is 0 Å². The summed E-state index contributed by atoms with van der Waals surface area (Å²) in [6.07, 6.45) is 9.18. The van der Waals surface area contributed by atoms with Gasteiger partial charge in [0.15, 0.2) is 0 Å². The predicted octanol–water partition coefficient (Wildman–Crippen LogP) is 3.77. The molecule has 3 rings (SSSR count). The van der Waals surface area contributed by atoms with Crippen molar-refractivity contribution in [2.24, 2.45) is 0 Å². The number of nitrogens with one attached hydrogen (secondary N) is 1. The number of hydrogen-bond donors (Lipinski definition) is 1. The minimum Gasteiger partial charge on any atom is -0.351 e. The van der Waals surface area contributed by atoms with Crippen LogP contribution in [-0.2, 0) is 6.42 Å². The summed E-state index contributed by atoms with van der Waals surface area (Å²) in [4.78, 5) is 22.0. The van der Waals surface area contributed by atoms with E-state index in [-0.39, 0.29) is 5.91 Å². The number of benzene rings is 1. The van der Waals surface area contributed by atoms with Gasteiger partial charge in [-0.25, -0.2) is 4.98 Å². The molecule has 1 aromatic carbocycles. The number of aromatic nitrogens is 2. The van der Waals surface area contributed by atoms with Crippen LogP contribution in [0.2, 0.25) is 0 Å². The Bertz CT molecular complexity index is 611. The summed E-state index contributed by atoms with van der Waals surface area (Å²) in [5, 5.41) is 0. The number of carbonyl (C=O) groups is 1. The van der Waals surface area contributed by atoms with Crippen molar-refractivity contribution in [2.45, 2.75) is 44.9 Å². The van der Waals surface area contributed by atoms with Gasteiger partial charge in [0.05, 0.1) is 12.0 Å². The average molecular weight is 311 g/mol. The van der Waals surface area contributed by atoms with Gasteiger partial charge in [0, 0.05) is 30.8 Å². The number of aromatic amines is 1. The average Bonchev–Trinajstić information content (AvgIpc) is 3.14. The van der Waals surface area contributed by atoms with Crippen molar-refractivity contribution in [3.8, 4) is 0 Å². The molecular formula is C19H25N3O. The van der Waals surface area contributed by atoms with Crippen molar-refractivity contribution >= 4 is 5.91 Å². The van der Waals surface area contributed by atoms with Gasteiger partial charge in [-0.05, 0) is 43.4 Å². The highest BCUT2D eigenvalue weighted by atomic mass is 16.2. The third-order valence-electron chi connectivity index (χ3n) is 4.74. The number of aryl methyl sites for hydroxylation is 1. The van der Waals surface area contributed by atoms with E-state index in [2.05, 4.69) is 29.0 Å². The van der Waals surface area contributed by atoms with E-state index < -0.39 is 0 Å². The molecule has 4 nitrogen and oxygen atoms in total. The van der Waals surface area contributed by atoms with Crippen LogP contribution in [-0.4, -0.2) is 33.9 Å². The molecule has 0 spiro atoms. The Hall–Kier alpha value is -2.10. The zero-order valence-corrected chi connectivity index (χ0v) is 13.8. The third-order valence-corrected chi connectivity index (χ3v) is 4.74. The second-order valence-electron chi connectivity index (χ2n) is 6.36. The first kappa shape index (κ1) is 15.8. The number of rotatable bonds is 5. The molecule has 1 saturated heterocycles. The van der Waals surface area contributed by atoms with E-state index in [9.17, 15) is 4.79 Å². The highest BCUT2D eigenvalue weighted by molar-refractivity contribution is 5.94. The van der Waals surface area contributed by atoms with E-state index in [1.807, 2.05) is 23.2 Å². The topological polar surface area (TPSA) is 49.0 Å². The van der Waals surface area contributed by atoms with Crippen molar-refractivity contribution in [3.63, 3.8) is 0 Å². The zero-order chi connectivity index (χ0) is 16.1. The lowest BCUT2D eigenvalue weighted by Crippen LogP contribution is -2.38. The minimum atomic E-state index is 0.160. The number of H-pyrrole nitrogens is 1. The van der Waals surface area contributed by atoms with Gasteiger partial charge in [-0.2, -0.15) is 0 Å². The van der Waals surface area contributed by atoms with Crippen LogP contribution in [0.25, 0.3) is 0 Å². The minimum absolute atomic E-state index is 0.160. The lowest BCUT2D eigenvalue weighted by atomic mass is 9.93. The molecule has 1 aromatic heterocycles. The highest BCUT2D eigenvalue weighted by Crippen LogP contribution is 2.27. The van der Waals surface area contributed by atoms with Crippen LogP contribution < -0.4 is 0 Å². The highest BCUT2D eigenvalue weighted by Gasteiger charge is 2.25. The molecule has 0 bridgehead atoms. The van der Waals surface area contributed by atoms with Crippen LogP contribution in [0.4, 0.5) is 0 Å². The van der Waals surface area contributed by atoms with Gasteiger partial charge in [-0.3, -0.25) is 4.79 Å². The number of imidazole rings is 1. The molecule has 0 saturated carbocycles. The number of hydrogen-bond acceptors (Lipinski definition) is 2. The Morgan fingerprint density at radius 2 is 2.00 bits per heavy atom. The monoisotopic (exact) mass is 311 g/mol. The van der Waals surface area contributed by atoms with Gasteiger partial charge in [-0.1, -0.05) is 25.5 Å². The summed E-state index contributed by atoms with van der Waals surface area (Å²) >= 11 is 0. The maximum Gasteiger partial charge on any atom is 0.253 e. The van der Waals surface area contributed by atoms with Crippen molar-refractivity contribution in [2.75, 3.05) is 13.1 Å². The van der Waals surface area contributed by atoms with Crippen LogP contribution in [0.15, 0.2) is 36.8 Å². The van der Waals surface area contributed by atoms with Crippen molar-refractivity contribution in [1.82, 2.24) is 14.9 Å². The standard InChI is InChI=1S/C19H25N3O/c1-2-3-4-15-5-7-17(8-6-15)19(23)22-11-9-16(10-12-22)18-13-20-14-21-18/h5-8,13-14,16H,2-4,9-12H2,1H3,(H,20,21). The van der Waals surface area contributed by atoms with Gasteiger partial charge in [0.25, 0.3) is 5.91 Å². The molecule has 122 valence electrons. The molecule has 1 aliphatic rings. The predicted molar refractivity (Wildman–Crippen MR) is 91.5 cm³/mol. The summed E-state index contributed by atoms with van der Waals surface area (Å²) in [5.74, 6) is 0.634. The molecule has 1 N–H and O–H groups in total. The maximum atomic E-state index is 12.6. The first-order valence-electron chi connectivity index (χ1n) is 8.65. The quantitative estimate of drug-likeness (QED) is 0.913. The Morgan fingerprint density at radius 1 is 1.26 bits per heavy atom. The molecule has 23 heavy (non-hydrogen) atoms. The van der Waals surface area contributed by atoms with E-state index in [0.717, 1.165) is 43.6 Å². The normalized spacial score (nSPS) is 15.8. The first-order valence-corrected chi connectivity index (χ1v) is 8.65. The number of piperidine rings is 1. The maximum absolute atomic E-state index is 12.6. The number of amides is 1. The van der Waals surface area contributed by atoms with Crippen molar-refractivity contribution in [1.29, 1.82) is 0 Å². The summed E-state index contributed by atoms with van der Waals surface area (Å²) in [6.45, 7) is 3.83. The fraction of sp³-hybridized carbons (Fsp3) is 0.474. The van der Waals surface area contributed by atoms with Gasteiger partial charge >= 0.3 is 0 Å². The van der Waals surface area contributed by atoms with Crippen molar-refractivity contribution in [3.05, 3.63) is 53.6 Å². The molecule has 0 radical (unpaired) electrons. The van der Waals surface area contributed by atoms with E-state index in [1.165, 1.54) is 18.4 Å². The van der Waals surface area contributed by atoms with Gasteiger partial charge in [0.2, 0.25) is 0 Å². The Kier molecular flexibility index (Phi) is 5.11. The lowest BCUT2D eigenvalue weighted by Gasteiger charge is -2.31. The van der Waals surface area contributed by atoms with Crippen LogP contribution in [0.3, 0.4) is 0 Å². The molecular weight excluding hydrogens is 286 g/mol. The molecule has 4 heteroatoms. The summed E-state index contributed by atoms with van der Waals surface area (Å²) in [7, 11) is 0. The summed E-state index contributed by atoms with van der Waals surface area (Å²) < 4.78 is 0. The molecule has 1 amide bonds. The number of likely N-dealkylation sites (tertiary alicyclic amines) is 1. The molecule has 0 aliphatic carbocycles. The fourth-order valence-electron chi connectivity index (χ4n) is 3.25. The van der Waals surface area contributed by atoms with E-state index in [0.29, 0.717) is 5.92 Å². The van der Waals surface area contributed by atoms with Gasteiger partial charge in [-0.15, -0.1) is 0 Å². The Labute approximate surface area is 137 Å². The lowest BCUT2D eigenvalue weighted by molar-refractivity contribution is 0.0712. The largest absolute Gasteiger partial charge is 0.351 e. The zero-order valence-electron chi connectivity index (χ0n) is 13.8. The van der Waals surface area contributed by atoms with Crippen LogP contribution in [0, 0.1) is 0 Å². The second kappa shape index (κ2) is 7.44. The van der Waals surface area contributed by atoms with Crippen molar-refractivity contribution < 1.29 is 4.79 Å². The molecule has 2 aromatic rings. The summed E-state index contributed by atoms with van der Waals surface area (Å²) in [6, 6.07) is 8.15. The summed E-state index contributed by atoms with van der Waals surface area (Å²) in [5.41, 5.74) is 3.25. The molecule has 2 heterocycles. The van der Waals surface area contributed by atoms with Crippen LogP contribution >= 0.6 is 0 Å². The molecule has 1 aliphatic heterocycles.